The Morgan fingerprint density at radius 1 is 0.919 bits per heavy atom. The van der Waals surface area contributed by atoms with Crippen LogP contribution in [0.2, 0.25) is 5.02 Å². The lowest BCUT2D eigenvalue weighted by Gasteiger charge is -2.11. The maximum absolute atomic E-state index is 13.0. The van der Waals surface area contributed by atoms with Gasteiger partial charge in [0.15, 0.2) is 0 Å². The number of nitrogens with zero attached hydrogens (tertiary/aromatic N) is 1. The number of aryl methyl sites for hydroxylation is 2. The van der Waals surface area contributed by atoms with Crippen molar-refractivity contribution in [2.75, 3.05) is 5.32 Å². The van der Waals surface area contributed by atoms with Gasteiger partial charge in [0.1, 0.15) is 23.9 Å². The molecular formula is C29H25ClN2O5. The highest BCUT2D eigenvalue weighted by Gasteiger charge is 2.15. The number of carbonyl (C=O) groups excluding carboxylic acids is 1. The molecular weight excluding hydrogens is 492 g/mol. The van der Waals surface area contributed by atoms with Gasteiger partial charge in [-0.3, -0.25) is 14.9 Å². The van der Waals surface area contributed by atoms with E-state index in [1.165, 1.54) is 23.8 Å². The van der Waals surface area contributed by atoms with Crippen LogP contribution in [0, 0.1) is 17.0 Å². The van der Waals surface area contributed by atoms with Gasteiger partial charge in [0.2, 0.25) is 0 Å². The highest BCUT2D eigenvalue weighted by atomic mass is 35.5. The molecule has 4 aromatic rings. The average molecular weight is 517 g/mol. The normalized spacial score (nSPS) is 10.6. The van der Waals surface area contributed by atoms with Gasteiger partial charge in [0.05, 0.1) is 16.7 Å². The van der Waals surface area contributed by atoms with Crippen molar-refractivity contribution in [2.24, 2.45) is 0 Å². The van der Waals surface area contributed by atoms with Crippen LogP contribution in [-0.4, -0.2) is 10.8 Å². The van der Waals surface area contributed by atoms with Crippen LogP contribution < -0.4 is 14.8 Å². The van der Waals surface area contributed by atoms with Gasteiger partial charge in [-0.15, -0.1) is 0 Å². The molecule has 188 valence electrons. The summed E-state index contributed by atoms with van der Waals surface area (Å²) in [7, 11) is 0. The summed E-state index contributed by atoms with van der Waals surface area (Å²) in [5.41, 5.74) is 3.26. The average Bonchev–Trinajstić information content (AvgIpc) is 2.90. The summed E-state index contributed by atoms with van der Waals surface area (Å²) in [5, 5.41) is 14.8. The maximum atomic E-state index is 13.0. The summed E-state index contributed by atoms with van der Waals surface area (Å²) in [5.74, 6) is 1.01. The minimum atomic E-state index is -0.541. The fourth-order valence-corrected chi connectivity index (χ4v) is 3.75. The van der Waals surface area contributed by atoms with E-state index < -0.39 is 10.8 Å². The van der Waals surface area contributed by atoms with Crippen LogP contribution in [0.15, 0.2) is 84.9 Å². The zero-order valence-electron chi connectivity index (χ0n) is 20.4. The van der Waals surface area contributed by atoms with Crippen LogP contribution in [0.4, 0.5) is 11.4 Å². The molecule has 0 saturated carbocycles. The molecule has 0 radical (unpaired) electrons. The lowest BCUT2D eigenvalue weighted by molar-refractivity contribution is -0.384. The SMILES string of the molecule is CCc1ccc(OCc2cccc(C(=O)Nc3cc(Oc4ccc(Cl)c(C)c4)cc([N+](=O)[O-])c3)c2)cc1. The van der Waals surface area contributed by atoms with E-state index in [9.17, 15) is 14.9 Å². The number of nitro benzene ring substituents is 1. The van der Waals surface area contributed by atoms with Crippen molar-refractivity contribution in [1.29, 1.82) is 0 Å². The Kier molecular flexibility index (Phi) is 8.05. The highest BCUT2D eigenvalue weighted by molar-refractivity contribution is 6.31. The van der Waals surface area contributed by atoms with Crippen molar-refractivity contribution >= 4 is 28.9 Å². The second-order valence-electron chi connectivity index (χ2n) is 8.43. The molecule has 0 saturated heterocycles. The molecule has 4 aromatic carbocycles. The summed E-state index contributed by atoms with van der Waals surface area (Å²) in [4.78, 5) is 23.9. The second-order valence-corrected chi connectivity index (χ2v) is 8.83. The summed E-state index contributed by atoms with van der Waals surface area (Å²) in [6.07, 6.45) is 0.955. The Balaban J connectivity index is 1.48. The van der Waals surface area contributed by atoms with Crippen molar-refractivity contribution < 1.29 is 19.2 Å². The summed E-state index contributed by atoms with van der Waals surface area (Å²) >= 11 is 6.06. The Labute approximate surface area is 219 Å². The van der Waals surface area contributed by atoms with Crippen LogP contribution in [0.25, 0.3) is 0 Å². The number of amides is 1. The molecule has 0 aromatic heterocycles. The van der Waals surface area contributed by atoms with E-state index in [1.54, 1.807) is 36.4 Å². The minimum Gasteiger partial charge on any atom is -0.489 e. The Bertz CT molecular complexity index is 1440. The van der Waals surface area contributed by atoms with E-state index in [0.29, 0.717) is 22.9 Å². The fraction of sp³-hybridized carbons (Fsp3) is 0.138. The van der Waals surface area contributed by atoms with Gasteiger partial charge in [0.25, 0.3) is 11.6 Å². The van der Waals surface area contributed by atoms with Crippen molar-refractivity contribution in [1.82, 2.24) is 0 Å². The van der Waals surface area contributed by atoms with Gasteiger partial charge in [-0.2, -0.15) is 0 Å². The molecule has 37 heavy (non-hydrogen) atoms. The van der Waals surface area contributed by atoms with Crippen LogP contribution in [0.3, 0.4) is 0 Å². The smallest absolute Gasteiger partial charge is 0.275 e. The number of ether oxygens (including phenoxy) is 2. The van der Waals surface area contributed by atoms with Crippen molar-refractivity contribution in [3.63, 3.8) is 0 Å². The largest absolute Gasteiger partial charge is 0.489 e. The topological polar surface area (TPSA) is 90.7 Å². The Hall–Kier alpha value is -4.36. The molecule has 0 aliphatic heterocycles. The number of rotatable bonds is 9. The van der Waals surface area contributed by atoms with E-state index in [4.69, 9.17) is 21.1 Å². The van der Waals surface area contributed by atoms with Gasteiger partial charge >= 0.3 is 0 Å². The summed E-state index contributed by atoms with van der Waals surface area (Å²) < 4.78 is 11.7. The quantitative estimate of drug-likeness (QED) is 0.181. The van der Waals surface area contributed by atoms with Gasteiger partial charge in [-0.05, 0) is 72.5 Å². The van der Waals surface area contributed by atoms with E-state index >= 15 is 0 Å². The van der Waals surface area contributed by atoms with E-state index in [2.05, 4.69) is 12.2 Å². The van der Waals surface area contributed by atoms with Gasteiger partial charge in [-0.25, -0.2) is 0 Å². The number of anilines is 1. The fourth-order valence-electron chi connectivity index (χ4n) is 3.63. The standard InChI is InChI=1S/C29H25ClN2O5/c1-3-20-7-9-25(10-8-20)36-18-21-5-4-6-22(14-21)29(33)31-23-15-24(32(34)35)17-27(16-23)37-26-11-12-28(30)19(2)13-26/h4-17H,3,18H2,1-2H3,(H,31,33). The summed E-state index contributed by atoms with van der Waals surface area (Å²) in [6, 6.07) is 24.1. The lowest BCUT2D eigenvalue weighted by Crippen LogP contribution is -2.12. The molecule has 0 bridgehead atoms. The number of nitrogens with one attached hydrogen (secondary N) is 1. The van der Waals surface area contributed by atoms with E-state index in [-0.39, 0.29) is 17.1 Å². The lowest BCUT2D eigenvalue weighted by atomic mass is 10.1. The molecule has 0 spiro atoms. The molecule has 0 heterocycles. The first-order valence-electron chi connectivity index (χ1n) is 11.7. The number of carbonyl (C=O) groups is 1. The maximum Gasteiger partial charge on any atom is 0.275 e. The first-order valence-corrected chi connectivity index (χ1v) is 12.0. The molecule has 0 aliphatic carbocycles. The van der Waals surface area contributed by atoms with Gasteiger partial charge in [-0.1, -0.05) is 42.8 Å². The third-order valence-corrected chi connectivity index (χ3v) is 6.08. The Morgan fingerprint density at radius 3 is 2.38 bits per heavy atom. The molecule has 0 aliphatic rings. The van der Waals surface area contributed by atoms with Crippen LogP contribution in [0.1, 0.15) is 34.0 Å². The van der Waals surface area contributed by atoms with Crippen molar-refractivity contribution in [2.45, 2.75) is 26.9 Å². The second kappa shape index (κ2) is 11.6. The zero-order chi connectivity index (χ0) is 26.4. The molecule has 8 heteroatoms. The number of benzene rings is 4. The number of non-ortho nitro benzene ring substituents is 1. The molecule has 0 atom stereocenters. The molecule has 1 N–H and O–H groups in total. The van der Waals surface area contributed by atoms with E-state index in [0.717, 1.165) is 23.3 Å². The Morgan fingerprint density at radius 2 is 1.68 bits per heavy atom. The number of halogens is 1. The van der Waals surface area contributed by atoms with Gasteiger partial charge in [0, 0.05) is 22.7 Å². The number of nitro groups is 1. The van der Waals surface area contributed by atoms with Crippen LogP contribution >= 0.6 is 11.6 Å². The molecule has 0 unspecified atom stereocenters. The van der Waals surface area contributed by atoms with Crippen molar-refractivity contribution in [3.05, 3.63) is 122 Å². The monoisotopic (exact) mass is 516 g/mol. The molecule has 7 nitrogen and oxygen atoms in total. The number of hydrogen-bond acceptors (Lipinski definition) is 5. The van der Waals surface area contributed by atoms with E-state index in [1.807, 2.05) is 37.3 Å². The van der Waals surface area contributed by atoms with Crippen molar-refractivity contribution in [3.8, 4) is 17.2 Å². The molecule has 4 rings (SSSR count). The zero-order valence-corrected chi connectivity index (χ0v) is 21.1. The third kappa shape index (κ3) is 6.86. The van der Waals surface area contributed by atoms with Crippen LogP contribution in [0.5, 0.6) is 17.2 Å². The first kappa shape index (κ1) is 25.7. The first-order chi connectivity index (χ1) is 17.8. The predicted octanol–water partition coefficient (Wildman–Crippen LogP) is 7.74. The third-order valence-electron chi connectivity index (χ3n) is 5.65. The predicted molar refractivity (Wildman–Crippen MR) is 144 cm³/mol. The molecule has 0 fully saturated rings. The van der Waals surface area contributed by atoms with Gasteiger partial charge < -0.3 is 14.8 Å². The van der Waals surface area contributed by atoms with Crippen LogP contribution in [-0.2, 0) is 13.0 Å². The highest BCUT2D eigenvalue weighted by Crippen LogP contribution is 2.31. The minimum absolute atomic E-state index is 0.211. The number of hydrogen-bond donors (Lipinski definition) is 1. The molecule has 1 amide bonds. The summed E-state index contributed by atoms with van der Waals surface area (Å²) in [6.45, 7) is 4.21.